The van der Waals surface area contributed by atoms with Gasteiger partial charge in [0.15, 0.2) is 0 Å². The molecule has 0 bridgehead atoms. The summed E-state index contributed by atoms with van der Waals surface area (Å²) in [7, 11) is 0. The van der Waals surface area contributed by atoms with Gasteiger partial charge in [0.25, 0.3) is 0 Å². The summed E-state index contributed by atoms with van der Waals surface area (Å²) < 4.78 is 0. The molecule has 4 nitrogen and oxygen atoms in total. The zero-order chi connectivity index (χ0) is 12.5. The van der Waals surface area contributed by atoms with Crippen molar-refractivity contribution < 1.29 is 9.59 Å². The Morgan fingerprint density at radius 1 is 0.500 bits per heavy atom. The molecular formula is C12H22N2O2. The first-order valence-electron chi connectivity index (χ1n) is 5.91. The minimum absolute atomic E-state index is 0.750. The van der Waals surface area contributed by atoms with Crippen LogP contribution in [0.5, 0.6) is 0 Å². The molecule has 1 aliphatic carbocycles. The Morgan fingerprint density at radius 2 is 0.562 bits per heavy atom. The number of carbonyl (C=O) groups excluding carboxylic acids is 2. The first-order chi connectivity index (χ1) is 7.83. The molecule has 1 rings (SSSR count). The molecule has 0 aliphatic heterocycles. The molecule has 0 atom stereocenters. The predicted molar refractivity (Wildman–Crippen MR) is 63.0 cm³/mol. The Labute approximate surface area is 97.5 Å². The fourth-order valence-electron chi connectivity index (χ4n) is 1.77. The van der Waals surface area contributed by atoms with Gasteiger partial charge in [-0.1, -0.05) is 64.2 Å². The van der Waals surface area contributed by atoms with Gasteiger partial charge in [-0.25, -0.2) is 20.4 Å². The lowest BCUT2D eigenvalue weighted by atomic mass is 10.0. The van der Waals surface area contributed by atoms with Crippen LogP contribution in [0.3, 0.4) is 0 Å². The molecule has 0 radical (unpaired) electrons. The maximum Gasteiger partial charge on any atom is 0.231 e. The molecular weight excluding hydrogens is 204 g/mol. The second-order valence-electron chi connectivity index (χ2n) is 3.74. The molecule has 2 N–H and O–H groups in total. The van der Waals surface area contributed by atoms with E-state index >= 15 is 0 Å². The molecule has 16 heavy (non-hydrogen) atoms. The van der Waals surface area contributed by atoms with Gasteiger partial charge < -0.3 is 0 Å². The van der Waals surface area contributed by atoms with Gasteiger partial charge in [-0.15, -0.1) is 0 Å². The lowest BCUT2D eigenvalue weighted by Crippen LogP contribution is -1.85. The van der Waals surface area contributed by atoms with Crippen LogP contribution >= 0.6 is 0 Å². The third-order valence-corrected chi connectivity index (χ3v) is 2.50. The molecule has 0 aromatic heterocycles. The summed E-state index contributed by atoms with van der Waals surface area (Å²) in [5, 5.41) is 10.8. The fourth-order valence-corrected chi connectivity index (χ4v) is 1.77. The quantitative estimate of drug-likeness (QED) is 0.487. The van der Waals surface area contributed by atoms with Crippen LogP contribution in [0.15, 0.2) is 0 Å². The third-order valence-electron chi connectivity index (χ3n) is 2.50. The normalized spacial score (nSPS) is 16.0. The topological polar surface area (TPSA) is 81.8 Å². The Balaban J connectivity index is 0. The second-order valence-corrected chi connectivity index (χ2v) is 3.74. The standard InChI is InChI=1S/C10H20.2CHNO/c1-2-4-6-8-10-9-7-5-3-1;2*2-1-3/h1-10H2;2*2H. The lowest BCUT2D eigenvalue weighted by Gasteiger charge is -2.05. The summed E-state index contributed by atoms with van der Waals surface area (Å²) in [6, 6.07) is 0. The molecule has 0 saturated heterocycles. The molecule has 1 aliphatic rings. The molecule has 4 heteroatoms. The number of hydrogen-bond donors (Lipinski definition) is 2. The van der Waals surface area contributed by atoms with Gasteiger partial charge >= 0.3 is 0 Å². The highest BCUT2D eigenvalue weighted by atomic mass is 16.1. The van der Waals surface area contributed by atoms with Crippen molar-refractivity contribution in [3.8, 4) is 0 Å². The van der Waals surface area contributed by atoms with Gasteiger partial charge in [0.05, 0.1) is 0 Å². The first kappa shape index (κ1) is 17.2. The Bertz CT molecular complexity index is 148. The van der Waals surface area contributed by atoms with Crippen LogP contribution in [-0.4, -0.2) is 12.2 Å². The van der Waals surface area contributed by atoms with Crippen molar-refractivity contribution >= 4 is 12.2 Å². The molecule has 0 aromatic rings. The van der Waals surface area contributed by atoms with Gasteiger partial charge in [-0.3, -0.25) is 0 Å². The monoisotopic (exact) mass is 226 g/mol. The smallest absolute Gasteiger partial charge is 0.222 e. The Morgan fingerprint density at radius 3 is 0.625 bits per heavy atom. The van der Waals surface area contributed by atoms with E-state index in [9.17, 15) is 0 Å². The summed E-state index contributed by atoms with van der Waals surface area (Å²) in [5.41, 5.74) is 0. The van der Waals surface area contributed by atoms with Crippen LogP contribution in [0.25, 0.3) is 0 Å². The molecule has 0 amide bonds. The van der Waals surface area contributed by atoms with E-state index in [-0.39, 0.29) is 0 Å². The van der Waals surface area contributed by atoms with E-state index in [0.29, 0.717) is 0 Å². The molecule has 92 valence electrons. The van der Waals surface area contributed by atoms with Crippen LogP contribution in [0.1, 0.15) is 64.2 Å². The fraction of sp³-hybridized carbons (Fsp3) is 0.833. The van der Waals surface area contributed by atoms with Crippen molar-refractivity contribution in [2.24, 2.45) is 0 Å². The van der Waals surface area contributed by atoms with Crippen molar-refractivity contribution in [3.05, 3.63) is 0 Å². The van der Waals surface area contributed by atoms with Gasteiger partial charge in [-0.2, -0.15) is 0 Å². The van der Waals surface area contributed by atoms with Crippen LogP contribution < -0.4 is 0 Å². The van der Waals surface area contributed by atoms with Gasteiger partial charge in [0, 0.05) is 0 Å². The summed E-state index contributed by atoms with van der Waals surface area (Å²) in [6.45, 7) is 0. The van der Waals surface area contributed by atoms with Crippen molar-refractivity contribution in [2.75, 3.05) is 0 Å². The molecule has 0 unspecified atom stereocenters. The number of nitrogens with one attached hydrogen (secondary N) is 2. The van der Waals surface area contributed by atoms with Gasteiger partial charge in [0.1, 0.15) is 0 Å². The largest absolute Gasteiger partial charge is 0.231 e. The molecule has 0 spiro atoms. The highest BCUT2D eigenvalue weighted by Crippen LogP contribution is 2.15. The predicted octanol–water partition coefficient (Wildman–Crippen LogP) is 3.70. The van der Waals surface area contributed by atoms with Crippen LogP contribution in [-0.2, 0) is 9.59 Å². The minimum atomic E-state index is 0.750. The van der Waals surface area contributed by atoms with Crippen molar-refractivity contribution in [1.29, 1.82) is 10.8 Å². The first-order valence-corrected chi connectivity index (χ1v) is 5.91. The highest BCUT2D eigenvalue weighted by Gasteiger charge is 1.95. The lowest BCUT2D eigenvalue weighted by molar-refractivity contribution is 0.504. The average Bonchev–Trinajstić information content (AvgIpc) is 2.29. The summed E-state index contributed by atoms with van der Waals surface area (Å²) in [4.78, 5) is 16.7. The van der Waals surface area contributed by atoms with E-state index < -0.39 is 0 Å². The highest BCUT2D eigenvalue weighted by molar-refractivity contribution is 5.26. The summed E-state index contributed by atoms with van der Waals surface area (Å²) >= 11 is 0. The van der Waals surface area contributed by atoms with E-state index in [1.165, 1.54) is 64.2 Å². The average molecular weight is 226 g/mol. The Kier molecular flexibility index (Phi) is 20.8. The Hall–Kier alpha value is -1.24. The van der Waals surface area contributed by atoms with Crippen LogP contribution in [0.2, 0.25) is 0 Å². The maximum absolute atomic E-state index is 8.35. The number of hydrogen-bond acceptors (Lipinski definition) is 4. The van der Waals surface area contributed by atoms with Crippen LogP contribution in [0, 0.1) is 10.8 Å². The van der Waals surface area contributed by atoms with E-state index in [0.717, 1.165) is 12.2 Å². The second kappa shape index (κ2) is 19.4. The van der Waals surface area contributed by atoms with Gasteiger partial charge in [-0.05, 0) is 0 Å². The minimum Gasteiger partial charge on any atom is -0.222 e. The molecule has 1 saturated carbocycles. The van der Waals surface area contributed by atoms with Crippen molar-refractivity contribution in [3.63, 3.8) is 0 Å². The van der Waals surface area contributed by atoms with E-state index in [4.69, 9.17) is 20.4 Å². The van der Waals surface area contributed by atoms with Gasteiger partial charge in [0.2, 0.25) is 12.2 Å². The van der Waals surface area contributed by atoms with E-state index in [2.05, 4.69) is 0 Å². The molecule has 1 fully saturated rings. The summed E-state index contributed by atoms with van der Waals surface area (Å²) in [6.07, 6.45) is 16.5. The zero-order valence-electron chi connectivity index (χ0n) is 9.89. The van der Waals surface area contributed by atoms with Crippen molar-refractivity contribution in [2.45, 2.75) is 64.2 Å². The maximum atomic E-state index is 8.35. The molecule has 0 heterocycles. The zero-order valence-corrected chi connectivity index (χ0v) is 9.89. The number of rotatable bonds is 0. The van der Waals surface area contributed by atoms with E-state index in [1.807, 2.05) is 0 Å². The third kappa shape index (κ3) is 23.0. The number of isocyanates is 2. The van der Waals surface area contributed by atoms with Crippen LogP contribution in [0.4, 0.5) is 0 Å². The molecule has 0 aromatic carbocycles. The van der Waals surface area contributed by atoms with E-state index in [1.54, 1.807) is 0 Å². The summed E-state index contributed by atoms with van der Waals surface area (Å²) in [5.74, 6) is 0. The SMILES string of the molecule is C1CCCCCCCCC1.N=C=O.N=C=O. The van der Waals surface area contributed by atoms with Crippen molar-refractivity contribution in [1.82, 2.24) is 0 Å².